The number of para-hydroxylation sites is 1. The van der Waals surface area contributed by atoms with Crippen molar-refractivity contribution in [1.29, 1.82) is 0 Å². The summed E-state index contributed by atoms with van der Waals surface area (Å²) in [5, 5.41) is 7.84. The van der Waals surface area contributed by atoms with Crippen LogP contribution in [0.3, 0.4) is 0 Å². The van der Waals surface area contributed by atoms with Gasteiger partial charge in [0.2, 0.25) is 5.91 Å². The molecule has 0 fully saturated rings. The quantitative estimate of drug-likeness (QED) is 0.0980. The first-order valence-electron chi connectivity index (χ1n) is 14.8. The highest BCUT2D eigenvalue weighted by molar-refractivity contribution is 8.00. The van der Waals surface area contributed by atoms with E-state index in [4.69, 9.17) is 19.9 Å². The van der Waals surface area contributed by atoms with E-state index in [1.165, 1.54) is 39.2 Å². The predicted molar refractivity (Wildman–Crippen MR) is 187 cm³/mol. The van der Waals surface area contributed by atoms with Crippen LogP contribution in [-0.2, 0) is 9.59 Å². The number of nitrogens with one attached hydrogen (secondary N) is 3. The van der Waals surface area contributed by atoms with Gasteiger partial charge in [0.25, 0.3) is 17.7 Å². The van der Waals surface area contributed by atoms with Crippen LogP contribution >= 0.6 is 11.8 Å². The number of methoxy groups -OCH3 is 3. The smallest absolute Gasteiger partial charge is 0.272 e. The first-order valence-corrected chi connectivity index (χ1v) is 15.7. The minimum atomic E-state index is -0.645. The van der Waals surface area contributed by atoms with Crippen LogP contribution in [0.1, 0.15) is 39.6 Å². The SMILES string of the molecule is CCC(Sc1cccc(NC(=O)/C(=C\c2cc(OC)c(OC)cc2OC)NC(=O)c2ccccc2)c1)C(=O)Nc1ccccc1C(N)=O. The molecule has 0 aromatic heterocycles. The molecule has 11 nitrogen and oxygen atoms in total. The lowest BCUT2D eigenvalue weighted by molar-refractivity contribution is -0.116. The fourth-order valence-electron chi connectivity index (χ4n) is 4.62. The summed E-state index contributed by atoms with van der Waals surface area (Å²) in [5.74, 6) is -0.835. The number of rotatable bonds is 14. The molecule has 0 aliphatic carbocycles. The highest BCUT2D eigenvalue weighted by Gasteiger charge is 2.21. The van der Waals surface area contributed by atoms with Crippen molar-refractivity contribution < 1.29 is 33.4 Å². The highest BCUT2D eigenvalue weighted by atomic mass is 32.2. The maximum absolute atomic E-state index is 13.7. The van der Waals surface area contributed by atoms with Crippen molar-refractivity contribution in [2.75, 3.05) is 32.0 Å². The van der Waals surface area contributed by atoms with Gasteiger partial charge in [-0.1, -0.05) is 43.3 Å². The fourth-order valence-corrected chi connectivity index (χ4v) is 5.63. The Hall–Kier alpha value is -5.75. The fraction of sp³-hybridized carbons (Fsp3) is 0.167. The number of nitrogens with two attached hydrogens (primary N) is 1. The van der Waals surface area contributed by atoms with Gasteiger partial charge in [0, 0.05) is 27.8 Å². The number of hydrogen-bond donors (Lipinski definition) is 4. The molecule has 12 heteroatoms. The van der Waals surface area contributed by atoms with Crippen molar-refractivity contribution in [2.24, 2.45) is 5.73 Å². The zero-order chi connectivity index (χ0) is 34.6. The van der Waals surface area contributed by atoms with Gasteiger partial charge in [-0.15, -0.1) is 11.8 Å². The van der Waals surface area contributed by atoms with Gasteiger partial charge in [-0.25, -0.2) is 0 Å². The molecule has 0 saturated heterocycles. The number of carbonyl (C=O) groups excluding carboxylic acids is 4. The molecule has 4 aromatic carbocycles. The van der Waals surface area contributed by atoms with E-state index in [-0.39, 0.29) is 17.2 Å². The molecule has 5 N–H and O–H groups in total. The van der Waals surface area contributed by atoms with Crippen LogP contribution in [0, 0.1) is 0 Å². The summed E-state index contributed by atoms with van der Waals surface area (Å²) in [6.07, 6.45) is 1.97. The molecule has 0 aliphatic heterocycles. The Kier molecular flexibility index (Phi) is 12.2. The lowest BCUT2D eigenvalue weighted by atomic mass is 10.1. The van der Waals surface area contributed by atoms with Crippen molar-refractivity contribution in [2.45, 2.75) is 23.5 Å². The largest absolute Gasteiger partial charge is 0.496 e. The van der Waals surface area contributed by atoms with E-state index in [0.717, 1.165) is 0 Å². The number of hydrogen-bond acceptors (Lipinski definition) is 8. The van der Waals surface area contributed by atoms with E-state index in [2.05, 4.69) is 16.0 Å². The Bertz CT molecular complexity index is 1830. The Morgan fingerprint density at radius 1 is 0.792 bits per heavy atom. The third-order valence-corrected chi connectivity index (χ3v) is 8.41. The topological polar surface area (TPSA) is 158 Å². The average Bonchev–Trinajstić information content (AvgIpc) is 3.10. The van der Waals surface area contributed by atoms with Gasteiger partial charge in [-0.05, 0) is 61.0 Å². The normalized spacial score (nSPS) is 11.5. The minimum Gasteiger partial charge on any atom is -0.496 e. The third-order valence-electron chi connectivity index (χ3n) is 7.05. The van der Waals surface area contributed by atoms with Crippen molar-refractivity contribution in [3.8, 4) is 17.2 Å². The van der Waals surface area contributed by atoms with Gasteiger partial charge in [0.05, 0.1) is 37.8 Å². The maximum Gasteiger partial charge on any atom is 0.272 e. The summed E-state index contributed by atoms with van der Waals surface area (Å²) < 4.78 is 16.3. The Balaban J connectivity index is 1.59. The first kappa shape index (κ1) is 35.1. The number of amides is 4. The number of primary amides is 1. The van der Waals surface area contributed by atoms with E-state index in [0.29, 0.717) is 51.1 Å². The summed E-state index contributed by atoms with van der Waals surface area (Å²) in [4.78, 5) is 52.6. The summed E-state index contributed by atoms with van der Waals surface area (Å²) in [7, 11) is 4.46. The van der Waals surface area contributed by atoms with E-state index in [1.54, 1.807) is 84.9 Å². The molecule has 1 atom stereocenters. The van der Waals surface area contributed by atoms with Crippen LogP contribution in [0.5, 0.6) is 17.2 Å². The molecule has 0 aliphatic rings. The molecule has 0 spiro atoms. The second-order valence-corrected chi connectivity index (χ2v) is 11.5. The van der Waals surface area contributed by atoms with Gasteiger partial charge in [-0.3, -0.25) is 19.2 Å². The van der Waals surface area contributed by atoms with E-state index in [1.807, 2.05) is 13.0 Å². The molecule has 4 aromatic rings. The summed E-state index contributed by atoms with van der Waals surface area (Å²) in [6.45, 7) is 1.87. The molecule has 0 saturated carbocycles. The Morgan fingerprint density at radius 3 is 2.12 bits per heavy atom. The van der Waals surface area contributed by atoms with Gasteiger partial charge >= 0.3 is 0 Å². The first-order chi connectivity index (χ1) is 23.2. The number of benzene rings is 4. The molecule has 0 radical (unpaired) electrons. The standard InChI is InChI=1S/C36H36N4O7S/c1-5-32(36(44)39-27-17-10-9-16-26(27)33(37)41)48-25-15-11-14-24(20-25)38-35(43)28(40-34(42)22-12-7-6-8-13-22)18-23-19-30(46-3)31(47-4)21-29(23)45-2/h6-21,32H,5H2,1-4H3,(H2,37,41)(H,38,43)(H,39,44)(H,40,42)/b28-18+. The number of ether oxygens (including phenoxy) is 3. The van der Waals surface area contributed by atoms with E-state index < -0.39 is 23.0 Å². The molecule has 0 heterocycles. The molecule has 248 valence electrons. The second-order valence-electron chi connectivity index (χ2n) is 10.2. The monoisotopic (exact) mass is 668 g/mol. The van der Waals surface area contributed by atoms with Crippen molar-refractivity contribution in [3.63, 3.8) is 0 Å². The van der Waals surface area contributed by atoms with Gasteiger partial charge in [-0.2, -0.15) is 0 Å². The van der Waals surface area contributed by atoms with E-state index in [9.17, 15) is 19.2 Å². The Labute approximate surface area is 282 Å². The molecule has 48 heavy (non-hydrogen) atoms. The van der Waals surface area contributed by atoms with E-state index >= 15 is 0 Å². The van der Waals surface area contributed by atoms with Gasteiger partial charge in [0.1, 0.15) is 11.4 Å². The third kappa shape index (κ3) is 8.95. The predicted octanol–water partition coefficient (Wildman–Crippen LogP) is 5.73. The molecular weight excluding hydrogens is 632 g/mol. The summed E-state index contributed by atoms with van der Waals surface area (Å²) in [6, 6.07) is 25.3. The number of anilines is 2. The van der Waals surface area contributed by atoms with Crippen LogP contribution in [0.15, 0.2) is 102 Å². The van der Waals surface area contributed by atoms with Crippen molar-refractivity contribution >= 4 is 52.8 Å². The molecule has 4 rings (SSSR count). The number of thioether (sulfide) groups is 1. The second kappa shape index (κ2) is 16.7. The lowest BCUT2D eigenvalue weighted by Gasteiger charge is -2.17. The maximum atomic E-state index is 13.7. The minimum absolute atomic E-state index is 0.0636. The molecule has 4 amide bonds. The molecular formula is C36H36N4O7S. The summed E-state index contributed by atoms with van der Waals surface area (Å²) >= 11 is 1.30. The number of carbonyl (C=O) groups is 4. The summed E-state index contributed by atoms with van der Waals surface area (Å²) in [5.41, 5.74) is 7.18. The zero-order valence-corrected chi connectivity index (χ0v) is 27.7. The molecule has 0 bridgehead atoms. The van der Waals surface area contributed by atoms with Crippen LogP contribution in [0.2, 0.25) is 0 Å². The van der Waals surface area contributed by atoms with Crippen LogP contribution in [0.25, 0.3) is 6.08 Å². The van der Waals surface area contributed by atoms with Crippen LogP contribution in [0.4, 0.5) is 11.4 Å². The average molecular weight is 669 g/mol. The van der Waals surface area contributed by atoms with Crippen LogP contribution < -0.4 is 35.9 Å². The highest BCUT2D eigenvalue weighted by Crippen LogP contribution is 2.36. The van der Waals surface area contributed by atoms with Crippen molar-refractivity contribution in [3.05, 3.63) is 113 Å². The Morgan fingerprint density at radius 2 is 1.46 bits per heavy atom. The lowest BCUT2D eigenvalue weighted by Crippen LogP contribution is -2.30. The zero-order valence-electron chi connectivity index (χ0n) is 26.9. The van der Waals surface area contributed by atoms with Crippen molar-refractivity contribution in [1.82, 2.24) is 5.32 Å². The van der Waals surface area contributed by atoms with Crippen LogP contribution in [-0.4, -0.2) is 50.2 Å². The molecule has 1 unspecified atom stereocenters. The van der Waals surface area contributed by atoms with Gasteiger partial charge in [0.15, 0.2) is 11.5 Å². The van der Waals surface area contributed by atoms with Gasteiger partial charge < -0.3 is 35.9 Å².